The van der Waals surface area contributed by atoms with Crippen LogP contribution in [0, 0.1) is 12.3 Å². The van der Waals surface area contributed by atoms with Crippen molar-refractivity contribution in [3.05, 3.63) is 54.1 Å². The van der Waals surface area contributed by atoms with Crippen LogP contribution in [0.25, 0.3) is 0 Å². The molecule has 5 heteroatoms. The molecule has 2 aromatic carbocycles. The number of ether oxygens (including phenoxy) is 2. The van der Waals surface area contributed by atoms with Crippen LogP contribution >= 0.6 is 0 Å². The monoisotopic (exact) mass is 410 g/mol. The Hall–Kier alpha value is -2.69. The third kappa shape index (κ3) is 8.36. The Balaban J connectivity index is 1.58. The van der Waals surface area contributed by atoms with Crippen molar-refractivity contribution in [1.82, 2.24) is 0 Å². The van der Waals surface area contributed by atoms with Gasteiger partial charge in [-0.1, -0.05) is 24.6 Å². The normalized spacial score (nSPS) is 11.6. The van der Waals surface area contributed by atoms with E-state index >= 15 is 0 Å². The summed E-state index contributed by atoms with van der Waals surface area (Å²) in [5.74, 6) is 0.732. The molecule has 0 aliphatic rings. The largest absolute Gasteiger partial charge is 0.494 e. The number of azo groups is 1. The highest BCUT2D eigenvalue weighted by Gasteiger charge is 2.26. The quantitative estimate of drug-likeness (QED) is 0.209. The molecule has 0 saturated carbocycles. The lowest BCUT2D eigenvalue weighted by Gasteiger charge is -2.20. The third-order valence-corrected chi connectivity index (χ3v) is 5.13. The molecule has 0 N–H and O–H groups in total. The molecular formula is C25H34N2O3. The predicted molar refractivity (Wildman–Crippen MR) is 121 cm³/mol. The predicted octanol–water partition coefficient (Wildman–Crippen LogP) is 7.33. The molecular weight excluding hydrogens is 376 g/mol. The highest BCUT2D eigenvalue weighted by molar-refractivity contribution is 5.75. The van der Waals surface area contributed by atoms with E-state index < -0.39 is 0 Å². The molecule has 30 heavy (non-hydrogen) atoms. The van der Waals surface area contributed by atoms with Crippen LogP contribution in [0.2, 0.25) is 0 Å². The highest BCUT2D eigenvalue weighted by Crippen LogP contribution is 2.23. The van der Waals surface area contributed by atoms with Crippen molar-refractivity contribution >= 4 is 17.3 Å². The number of aryl methyl sites for hydroxylation is 1. The fourth-order valence-corrected chi connectivity index (χ4v) is 2.59. The molecule has 162 valence electrons. The number of nitrogens with zero attached hydrogens (tertiary/aromatic N) is 2. The Kier molecular flexibility index (Phi) is 9.52. The van der Waals surface area contributed by atoms with Gasteiger partial charge in [0.05, 0.1) is 30.0 Å². The van der Waals surface area contributed by atoms with Gasteiger partial charge >= 0.3 is 5.97 Å². The number of hydrogen-bond acceptors (Lipinski definition) is 5. The van der Waals surface area contributed by atoms with Gasteiger partial charge in [-0.25, -0.2) is 0 Å². The summed E-state index contributed by atoms with van der Waals surface area (Å²) in [6.45, 7) is 9.07. The fourth-order valence-electron chi connectivity index (χ4n) is 2.59. The lowest BCUT2D eigenvalue weighted by molar-refractivity contribution is -0.154. The van der Waals surface area contributed by atoms with Crippen LogP contribution in [0.15, 0.2) is 58.8 Å². The molecule has 0 fully saturated rings. The van der Waals surface area contributed by atoms with Crippen LogP contribution in [-0.2, 0) is 9.53 Å². The minimum atomic E-state index is -0.383. The summed E-state index contributed by atoms with van der Waals surface area (Å²) in [4.78, 5) is 11.9. The Morgan fingerprint density at radius 2 is 1.37 bits per heavy atom. The van der Waals surface area contributed by atoms with Gasteiger partial charge in [0.15, 0.2) is 0 Å². The van der Waals surface area contributed by atoms with Crippen LogP contribution in [-0.4, -0.2) is 19.2 Å². The maximum atomic E-state index is 11.9. The summed E-state index contributed by atoms with van der Waals surface area (Å²) >= 11 is 0. The van der Waals surface area contributed by atoms with Gasteiger partial charge in [-0.15, -0.1) is 0 Å². The first-order chi connectivity index (χ1) is 14.4. The lowest BCUT2D eigenvalue weighted by atomic mass is 9.91. The Labute approximate surface area is 180 Å². The van der Waals surface area contributed by atoms with E-state index in [2.05, 4.69) is 10.2 Å². The molecule has 0 atom stereocenters. The van der Waals surface area contributed by atoms with Crippen molar-refractivity contribution in [2.24, 2.45) is 15.6 Å². The molecule has 0 aliphatic carbocycles. The fraction of sp³-hybridized carbons (Fsp3) is 0.480. The number of unbranched alkanes of at least 4 members (excludes halogenated alkanes) is 3. The molecule has 5 nitrogen and oxygen atoms in total. The molecule has 2 rings (SSSR count). The Bertz CT molecular complexity index is 796. The van der Waals surface area contributed by atoms with Gasteiger partial charge in [0.2, 0.25) is 0 Å². The summed E-state index contributed by atoms with van der Waals surface area (Å²) in [5.41, 5.74) is 2.45. The molecule has 0 unspecified atom stereocenters. The maximum Gasteiger partial charge on any atom is 0.311 e. The molecule has 0 saturated heterocycles. The topological polar surface area (TPSA) is 60.2 Å². The summed E-state index contributed by atoms with van der Waals surface area (Å²) in [5, 5.41) is 8.49. The number of carbonyl (C=O) groups excluding carboxylic acids is 1. The smallest absolute Gasteiger partial charge is 0.311 e. The summed E-state index contributed by atoms with van der Waals surface area (Å²) in [6, 6.07) is 15.6. The maximum absolute atomic E-state index is 11.9. The second kappa shape index (κ2) is 12.1. The third-order valence-electron chi connectivity index (χ3n) is 5.13. The molecule has 0 radical (unpaired) electrons. The zero-order chi connectivity index (χ0) is 21.8. The van der Waals surface area contributed by atoms with E-state index in [9.17, 15) is 4.79 Å². The van der Waals surface area contributed by atoms with Crippen molar-refractivity contribution in [2.75, 3.05) is 13.2 Å². The van der Waals surface area contributed by atoms with Gasteiger partial charge in [0, 0.05) is 0 Å². The first kappa shape index (κ1) is 23.6. The van der Waals surface area contributed by atoms with Gasteiger partial charge in [-0.05, 0) is 89.3 Å². The van der Waals surface area contributed by atoms with E-state index in [1.165, 1.54) is 5.56 Å². The van der Waals surface area contributed by atoms with Crippen LogP contribution in [0.1, 0.15) is 58.4 Å². The number of esters is 1. The van der Waals surface area contributed by atoms with E-state index in [1.807, 2.05) is 76.2 Å². The zero-order valence-electron chi connectivity index (χ0n) is 18.7. The van der Waals surface area contributed by atoms with Gasteiger partial charge in [-0.2, -0.15) is 10.2 Å². The van der Waals surface area contributed by atoms with Crippen LogP contribution in [0.4, 0.5) is 11.4 Å². The van der Waals surface area contributed by atoms with E-state index in [-0.39, 0.29) is 11.4 Å². The molecule has 0 heterocycles. The summed E-state index contributed by atoms with van der Waals surface area (Å²) in [6.07, 6.45) is 4.74. The lowest BCUT2D eigenvalue weighted by Crippen LogP contribution is -2.26. The van der Waals surface area contributed by atoms with Gasteiger partial charge in [0.25, 0.3) is 0 Å². The van der Waals surface area contributed by atoms with Crippen molar-refractivity contribution in [3.63, 3.8) is 0 Å². The Morgan fingerprint density at radius 1 is 0.833 bits per heavy atom. The highest BCUT2D eigenvalue weighted by atomic mass is 16.5. The first-order valence-electron chi connectivity index (χ1n) is 10.8. The molecule has 0 bridgehead atoms. The number of carbonyl (C=O) groups is 1. The Morgan fingerprint density at radius 3 is 1.93 bits per heavy atom. The molecule has 0 spiro atoms. The van der Waals surface area contributed by atoms with Crippen molar-refractivity contribution in [3.8, 4) is 5.75 Å². The zero-order valence-corrected chi connectivity index (χ0v) is 18.7. The SMILES string of the molecule is CCC(C)(C)C(=O)OCCCCCCOc1ccc(N=Nc2ccc(C)cc2)cc1. The van der Waals surface area contributed by atoms with E-state index in [0.717, 1.165) is 49.2 Å². The van der Waals surface area contributed by atoms with Gasteiger partial charge in [0.1, 0.15) is 5.75 Å². The number of rotatable bonds is 12. The molecule has 0 aromatic heterocycles. The van der Waals surface area contributed by atoms with Gasteiger partial charge < -0.3 is 9.47 Å². The minimum absolute atomic E-state index is 0.102. The van der Waals surface area contributed by atoms with E-state index in [0.29, 0.717) is 13.2 Å². The average molecular weight is 411 g/mol. The second-order valence-electron chi connectivity index (χ2n) is 8.17. The van der Waals surface area contributed by atoms with Crippen molar-refractivity contribution in [2.45, 2.75) is 59.8 Å². The van der Waals surface area contributed by atoms with Crippen LogP contribution in [0.5, 0.6) is 5.75 Å². The molecule has 0 amide bonds. The second-order valence-corrected chi connectivity index (χ2v) is 8.17. The first-order valence-corrected chi connectivity index (χ1v) is 10.8. The average Bonchev–Trinajstić information content (AvgIpc) is 2.75. The molecule has 2 aromatic rings. The minimum Gasteiger partial charge on any atom is -0.494 e. The van der Waals surface area contributed by atoms with Crippen molar-refractivity contribution in [1.29, 1.82) is 0 Å². The molecule has 0 aliphatic heterocycles. The van der Waals surface area contributed by atoms with E-state index in [4.69, 9.17) is 9.47 Å². The standard InChI is InChI=1S/C25H34N2O3/c1-5-25(3,4)24(28)30-19-9-7-6-8-18-29-23-16-14-22(15-17-23)27-26-21-12-10-20(2)11-13-21/h10-17H,5-9,18-19H2,1-4H3. The summed E-state index contributed by atoms with van der Waals surface area (Å²) in [7, 11) is 0. The van der Waals surface area contributed by atoms with Gasteiger partial charge in [-0.3, -0.25) is 4.79 Å². The van der Waals surface area contributed by atoms with E-state index in [1.54, 1.807) is 0 Å². The summed E-state index contributed by atoms with van der Waals surface area (Å²) < 4.78 is 11.1. The van der Waals surface area contributed by atoms with Crippen molar-refractivity contribution < 1.29 is 14.3 Å². The number of hydrogen-bond donors (Lipinski definition) is 0. The number of benzene rings is 2. The van der Waals surface area contributed by atoms with Crippen LogP contribution in [0.3, 0.4) is 0 Å². The van der Waals surface area contributed by atoms with Crippen LogP contribution < -0.4 is 4.74 Å².